The van der Waals surface area contributed by atoms with Crippen LogP contribution in [-0.2, 0) is 4.79 Å². The molecule has 0 spiro atoms. The Morgan fingerprint density at radius 1 is 1.17 bits per heavy atom. The summed E-state index contributed by atoms with van der Waals surface area (Å²) in [5.41, 5.74) is 8.70. The van der Waals surface area contributed by atoms with Gasteiger partial charge in [0.1, 0.15) is 0 Å². The van der Waals surface area contributed by atoms with Crippen molar-refractivity contribution in [1.29, 1.82) is 0 Å². The maximum Gasteiger partial charge on any atom is 0.250 e. The van der Waals surface area contributed by atoms with Crippen molar-refractivity contribution in [2.24, 2.45) is 5.10 Å². The molecule has 0 saturated carbocycles. The second kappa shape index (κ2) is 8.36. The van der Waals surface area contributed by atoms with E-state index in [1.807, 2.05) is 49.4 Å². The van der Waals surface area contributed by atoms with E-state index in [0.29, 0.717) is 0 Å². The molecule has 0 aliphatic heterocycles. The summed E-state index contributed by atoms with van der Waals surface area (Å²) in [6, 6.07) is 20.0. The normalized spacial score (nSPS) is 11.4. The Labute approximate surface area is 173 Å². The third-order valence-corrected chi connectivity index (χ3v) is 5.46. The predicted octanol–water partition coefficient (Wildman–Crippen LogP) is 4.21. The van der Waals surface area contributed by atoms with E-state index in [1.165, 1.54) is 11.8 Å². The third-order valence-electron chi connectivity index (χ3n) is 4.59. The standard InChI is InChI=1S/C22H21N5OS/c1-15-12-17(16(2)27(15)18-8-4-3-5-9-18)13-23-26-21(28)14-29-22-24-19-10-6-7-11-20(19)25-22/h3-13H,14H2,1-2H3,(H,24,25)(H,26,28)/b23-13+. The van der Waals surface area contributed by atoms with E-state index in [1.54, 1.807) is 6.21 Å². The number of hydrogen-bond donors (Lipinski definition) is 2. The van der Waals surface area contributed by atoms with Crippen LogP contribution in [0.1, 0.15) is 17.0 Å². The Balaban J connectivity index is 1.37. The van der Waals surface area contributed by atoms with Gasteiger partial charge < -0.3 is 9.55 Å². The van der Waals surface area contributed by atoms with Gasteiger partial charge >= 0.3 is 0 Å². The van der Waals surface area contributed by atoms with Crippen molar-refractivity contribution >= 4 is 34.9 Å². The van der Waals surface area contributed by atoms with Gasteiger partial charge in [0.2, 0.25) is 0 Å². The minimum Gasteiger partial charge on any atom is -0.333 e. The molecule has 2 aromatic heterocycles. The fourth-order valence-electron chi connectivity index (χ4n) is 3.23. The molecule has 2 heterocycles. The molecule has 1 amide bonds. The molecular weight excluding hydrogens is 382 g/mol. The molecular formula is C22H21N5OS. The molecule has 0 radical (unpaired) electrons. The van der Waals surface area contributed by atoms with Gasteiger partial charge in [0.05, 0.1) is 23.0 Å². The van der Waals surface area contributed by atoms with Crippen LogP contribution in [0.5, 0.6) is 0 Å². The highest BCUT2D eigenvalue weighted by atomic mass is 32.2. The number of carbonyl (C=O) groups excluding carboxylic acids is 1. The van der Waals surface area contributed by atoms with Gasteiger partial charge in [-0.2, -0.15) is 5.10 Å². The highest BCUT2D eigenvalue weighted by Crippen LogP contribution is 2.20. The van der Waals surface area contributed by atoms with Gasteiger partial charge in [-0.3, -0.25) is 4.79 Å². The lowest BCUT2D eigenvalue weighted by molar-refractivity contribution is -0.118. The summed E-state index contributed by atoms with van der Waals surface area (Å²) in [6.07, 6.45) is 1.69. The fraction of sp³-hybridized carbons (Fsp3) is 0.136. The van der Waals surface area contributed by atoms with E-state index in [0.717, 1.165) is 38.8 Å². The van der Waals surface area contributed by atoms with E-state index in [-0.39, 0.29) is 11.7 Å². The molecule has 6 nitrogen and oxygen atoms in total. The number of carbonyl (C=O) groups is 1. The average Bonchev–Trinajstić information content (AvgIpc) is 3.27. The van der Waals surface area contributed by atoms with Gasteiger partial charge in [-0.1, -0.05) is 42.1 Å². The number of nitrogens with zero attached hydrogens (tertiary/aromatic N) is 3. The summed E-state index contributed by atoms with van der Waals surface area (Å²) < 4.78 is 2.17. The number of aromatic amines is 1. The molecule has 0 bridgehead atoms. The number of hydrazone groups is 1. The Morgan fingerprint density at radius 2 is 1.93 bits per heavy atom. The minimum atomic E-state index is -0.177. The maximum atomic E-state index is 12.1. The molecule has 4 rings (SSSR count). The molecule has 2 N–H and O–H groups in total. The Morgan fingerprint density at radius 3 is 2.72 bits per heavy atom. The third kappa shape index (κ3) is 4.25. The lowest BCUT2D eigenvalue weighted by atomic mass is 10.2. The fourth-order valence-corrected chi connectivity index (χ4v) is 3.91. The van der Waals surface area contributed by atoms with Crippen LogP contribution >= 0.6 is 11.8 Å². The topological polar surface area (TPSA) is 75.1 Å². The number of H-pyrrole nitrogens is 1. The van der Waals surface area contributed by atoms with Crippen molar-refractivity contribution in [2.75, 3.05) is 5.75 Å². The monoisotopic (exact) mass is 403 g/mol. The molecule has 7 heteroatoms. The van der Waals surface area contributed by atoms with Crippen molar-refractivity contribution in [3.05, 3.63) is 77.6 Å². The van der Waals surface area contributed by atoms with Gasteiger partial charge in [0.25, 0.3) is 5.91 Å². The van der Waals surface area contributed by atoms with Crippen molar-refractivity contribution in [1.82, 2.24) is 20.0 Å². The van der Waals surface area contributed by atoms with Crippen LogP contribution in [0.3, 0.4) is 0 Å². The summed E-state index contributed by atoms with van der Waals surface area (Å²) in [4.78, 5) is 19.8. The molecule has 146 valence electrons. The first-order chi connectivity index (χ1) is 14.1. The number of fused-ring (bicyclic) bond motifs is 1. The molecule has 0 atom stereocenters. The van der Waals surface area contributed by atoms with E-state index >= 15 is 0 Å². The van der Waals surface area contributed by atoms with Crippen molar-refractivity contribution in [3.8, 4) is 5.69 Å². The van der Waals surface area contributed by atoms with E-state index in [4.69, 9.17) is 0 Å². The van der Waals surface area contributed by atoms with Crippen LogP contribution in [0, 0.1) is 13.8 Å². The second-order valence-electron chi connectivity index (χ2n) is 6.64. The molecule has 0 saturated heterocycles. The second-order valence-corrected chi connectivity index (χ2v) is 7.60. The molecule has 0 fully saturated rings. The summed E-state index contributed by atoms with van der Waals surface area (Å²) in [5, 5.41) is 4.84. The minimum absolute atomic E-state index is 0.177. The predicted molar refractivity (Wildman–Crippen MR) is 118 cm³/mol. The quantitative estimate of drug-likeness (QED) is 0.288. The highest BCUT2D eigenvalue weighted by molar-refractivity contribution is 7.99. The molecule has 0 aliphatic carbocycles. The molecule has 2 aromatic carbocycles. The first-order valence-electron chi connectivity index (χ1n) is 9.25. The molecule has 0 aliphatic rings. The number of aromatic nitrogens is 3. The lowest BCUT2D eigenvalue weighted by Crippen LogP contribution is -2.19. The number of hydrogen-bond acceptors (Lipinski definition) is 4. The average molecular weight is 404 g/mol. The Hall–Kier alpha value is -3.32. The van der Waals surface area contributed by atoms with E-state index in [2.05, 4.69) is 50.2 Å². The van der Waals surface area contributed by atoms with Crippen LogP contribution in [0.15, 0.2) is 70.9 Å². The first kappa shape index (κ1) is 19.0. The van der Waals surface area contributed by atoms with Crippen LogP contribution in [0.2, 0.25) is 0 Å². The number of rotatable bonds is 6. The Bertz CT molecular complexity index is 1140. The Kier molecular flexibility index (Phi) is 5.48. The smallest absolute Gasteiger partial charge is 0.250 e. The van der Waals surface area contributed by atoms with E-state index in [9.17, 15) is 4.79 Å². The van der Waals surface area contributed by atoms with Gasteiger partial charge in [0.15, 0.2) is 5.16 Å². The zero-order valence-corrected chi connectivity index (χ0v) is 17.0. The van der Waals surface area contributed by atoms with Gasteiger partial charge in [-0.15, -0.1) is 0 Å². The number of amides is 1. The summed E-state index contributed by atoms with van der Waals surface area (Å²) in [5.74, 6) is 0.0591. The number of aryl methyl sites for hydroxylation is 1. The summed E-state index contributed by atoms with van der Waals surface area (Å²) in [7, 11) is 0. The number of benzene rings is 2. The van der Waals surface area contributed by atoms with Crippen LogP contribution in [0.25, 0.3) is 16.7 Å². The first-order valence-corrected chi connectivity index (χ1v) is 10.2. The van der Waals surface area contributed by atoms with Crippen LogP contribution in [0.4, 0.5) is 0 Å². The molecule has 0 unspecified atom stereocenters. The summed E-state index contributed by atoms with van der Waals surface area (Å²) >= 11 is 1.35. The SMILES string of the molecule is Cc1cc(/C=N/NC(=O)CSc2nc3ccccc3[nH]2)c(C)n1-c1ccccc1. The zero-order valence-electron chi connectivity index (χ0n) is 16.2. The zero-order chi connectivity index (χ0) is 20.2. The molecule has 29 heavy (non-hydrogen) atoms. The van der Waals surface area contributed by atoms with Crippen molar-refractivity contribution in [2.45, 2.75) is 19.0 Å². The number of para-hydroxylation sites is 3. The number of nitrogens with one attached hydrogen (secondary N) is 2. The van der Waals surface area contributed by atoms with Gasteiger partial charge in [-0.05, 0) is 44.2 Å². The van der Waals surface area contributed by atoms with Crippen molar-refractivity contribution < 1.29 is 4.79 Å². The molecule has 4 aromatic rings. The maximum absolute atomic E-state index is 12.1. The highest BCUT2D eigenvalue weighted by Gasteiger charge is 2.09. The number of imidazole rings is 1. The van der Waals surface area contributed by atoms with Gasteiger partial charge in [-0.25, -0.2) is 10.4 Å². The van der Waals surface area contributed by atoms with Crippen LogP contribution < -0.4 is 5.43 Å². The lowest BCUT2D eigenvalue weighted by Gasteiger charge is -2.08. The van der Waals surface area contributed by atoms with E-state index < -0.39 is 0 Å². The van der Waals surface area contributed by atoms with Gasteiger partial charge in [0, 0.05) is 22.6 Å². The summed E-state index contributed by atoms with van der Waals surface area (Å²) in [6.45, 7) is 4.10. The number of thioether (sulfide) groups is 1. The largest absolute Gasteiger partial charge is 0.333 e. The van der Waals surface area contributed by atoms with Crippen LogP contribution in [-0.4, -0.2) is 32.4 Å². The van der Waals surface area contributed by atoms with Crippen molar-refractivity contribution in [3.63, 3.8) is 0 Å².